The summed E-state index contributed by atoms with van der Waals surface area (Å²) in [7, 11) is 3.32. The van der Waals surface area contributed by atoms with Gasteiger partial charge in [0.1, 0.15) is 5.75 Å². The molecular formula is C17H15ClN4O2. The number of amides is 2. The molecule has 0 fully saturated rings. The van der Waals surface area contributed by atoms with Crippen LogP contribution in [0.2, 0.25) is 5.02 Å². The van der Waals surface area contributed by atoms with E-state index in [1.54, 1.807) is 38.5 Å². The van der Waals surface area contributed by atoms with E-state index < -0.39 is 0 Å². The number of hydrogen-bond donors (Lipinski definition) is 1. The summed E-state index contributed by atoms with van der Waals surface area (Å²) in [6.45, 7) is 0. The molecule has 1 heterocycles. The zero-order valence-electron chi connectivity index (χ0n) is 13.2. The summed E-state index contributed by atoms with van der Waals surface area (Å²) in [5.74, 6) is 0.782. The number of halogens is 1. The molecule has 0 aliphatic rings. The van der Waals surface area contributed by atoms with Crippen molar-refractivity contribution in [3.8, 4) is 11.6 Å². The van der Waals surface area contributed by atoms with Crippen molar-refractivity contribution in [2.75, 3.05) is 19.4 Å². The molecule has 0 spiro atoms. The first-order valence-corrected chi connectivity index (χ1v) is 7.58. The fraction of sp³-hybridized carbons (Fsp3) is 0.118. The average molecular weight is 343 g/mol. The van der Waals surface area contributed by atoms with Gasteiger partial charge in [-0.25, -0.2) is 14.8 Å². The Labute approximate surface area is 144 Å². The molecule has 0 bridgehead atoms. The molecule has 0 aliphatic carbocycles. The topological polar surface area (TPSA) is 67.4 Å². The van der Waals surface area contributed by atoms with Crippen molar-refractivity contribution in [3.05, 3.63) is 53.7 Å². The molecule has 122 valence electrons. The SMILES string of the molecule is CN(C)C(=O)Nc1ccc(Oc2cnc3ccccc3n2)c(Cl)c1. The van der Waals surface area contributed by atoms with E-state index in [4.69, 9.17) is 16.3 Å². The highest BCUT2D eigenvalue weighted by atomic mass is 35.5. The van der Waals surface area contributed by atoms with Gasteiger partial charge >= 0.3 is 6.03 Å². The van der Waals surface area contributed by atoms with E-state index >= 15 is 0 Å². The third-order valence-corrected chi connectivity index (χ3v) is 3.53. The number of aromatic nitrogens is 2. The van der Waals surface area contributed by atoms with Gasteiger partial charge in [-0.15, -0.1) is 0 Å². The molecule has 0 aliphatic heterocycles. The highest BCUT2D eigenvalue weighted by Gasteiger charge is 2.09. The summed E-state index contributed by atoms with van der Waals surface area (Å²) in [4.78, 5) is 21.8. The second kappa shape index (κ2) is 6.72. The summed E-state index contributed by atoms with van der Waals surface area (Å²) in [5.41, 5.74) is 2.11. The van der Waals surface area contributed by atoms with E-state index in [0.717, 1.165) is 11.0 Å². The Morgan fingerprint density at radius 1 is 1.17 bits per heavy atom. The number of hydrogen-bond acceptors (Lipinski definition) is 4. The monoisotopic (exact) mass is 342 g/mol. The van der Waals surface area contributed by atoms with Gasteiger partial charge in [0.15, 0.2) is 0 Å². The minimum absolute atomic E-state index is 0.236. The van der Waals surface area contributed by atoms with Crippen LogP contribution in [0, 0.1) is 0 Å². The lowest BCUT2D eigenvalue weighted by Gasteiger charge is -2.13. The Bertz CT molecular complexity index is 899. The zero-order chi connectivity index (χ0) is 17.1. The number of ether oxygens (including phenoxy) is 1. The number of rotatable bonds is 3. The zero-order valence-corrected chi connectivity index (χ0v) is 13.9. The van der Waals surface area contributed by atoms with Crippen molar-refractivity contribution in [3.63, 3.8) is 0 Å². The molecule has 3 rings (SSSR count). The second-order valence-electron chi connectivity index (χ2n) is 5.27. The van der Waals surface area contributed by atoms with Crippen LogP contribution in [0.5, 0.6) is 11.6 Å². The third kappa shape index (κ3) is 3.55. The first-order valence-electron chi connectivity index (χ1n) is 7.20. The van der Waals surface area contributed by atoms with Gasteiger partial charge in [0, 0.05) is 19.8 Å². The van der Waals surface area contributed by atoms with Crippen LogP contribution in [0.25, 0.3) is 11.0 Å². The molecule has 3 aromatic rings. The quantitative estimate of drug-likeness (QED) is 0.775. The first-order chi connectivity index (χ1) is 11.5. The number of carbonyl (C=O) groups is 1. The fourth-order valence-corrected chi connectivity index (χ4v) is 2.22. The lowest BCUT2D eigenvalue weighted by molar-refractivity contribution is 0.230. The van der Waals surface area contributed by atoms with E-state index in [9.17, 15) is 4.79 Å². The van der Waals surface area contributed by atoms with Gasteiger partial charge in [-0.05, 0) is 30.3 Å². The minimum atomic E-state index is -0.236. The summed E-state index contributed by atoms with van der Waals surface area (Å²) < 4.78 is 5.70. The van der Waals surface area contributed by atoms with Gasteiger partial charge in [-0.3, -0.25) is 0 Å². The number of urea groups is 1. The highest BCUT2D eigenvalue weighted by molar-refractivity contribution is 6.32. The molecular weight excluding hydrogens is 328 g/mol. The molecule has 0 atom stereocenters. The molecule has 1 N–H and O–H groups in total. The van der Waals surface area contributed by atoms with Crippen molar-refractivity contribution in [2.45, 2.75) is 0 Å². The van der Waals surface area contributed by atoms with Crippen LogP contribution >= 0.6 is 11.6 Å². The van der Waals surface area contributed by atoms with Gasteiger partial charge in [0.2, 0.25) is 5.88 Å². The second-order valence-corrected chi connectivity index (χ2v) is 5.68. The van der Waals surface area contributed by atoms with Crippen LogP contribution in [-0.4, -0.2) is 35.0 Å². The van der Waals surface area contributed by atoms with E-state index in [2.05, 4.69) is 15.3 Å². The number of fused-ring (bicyclic) bond motifs is 1. The number of carbonyl (C=O) groups excluding carboxylic acids is 1. The Morgan fingerprint density at radius 3 is 2.62 bits per heavy atom. The Balaban J connectivity index is 1.80. The predicted molar refractivity (Wildman–Crippen MR) is 93.8 cm³/mol. The van der Waals surface area contributed by atoms with Crippen LogP contribution in [0.1, 0.15) is 0 Å². The highest BCUT2D eigenvalue weighted by Crippen LogP contribution is 2.31. The van der Waals surface area contributed by atoms with Crippen LogP contribution in [0.15, 0.2) is 48.7 Å². The summed E-state index contributed by atoms with van der Waals surface area (Å²) in [5, 5.41) is 3.08. The fourth-order valence-electron chi connectivity index (χ4n) is 2.00. The molecule has 2 aromatic carbocycles. The molecule has 0 saturated heterocycles. The van der Waals surface area contributed by atoms with Crippen molar-refractivity contribution in [1.82, 2.24) is 14.9 Å². The van der Waals surface area contributed by atoms with Crippen molar-refractivity contribution in [2.24, 2.45) is 0 Å². The predicted octanol–water partition coefficient (Wildman–Crippen LogP) is 4.17. The van der Waals surface area contributed by atoms with E-state index in [1.165, 1.54) is 4.90 Å². The standard InChI is InChI=1S/C17H15ClN4O2/c1-22(2)17(23)20-11-7-8-15(12(18)9-11)24-16-10-19-13-5-3-4-6-14(13)21-16/h3-10H,1-2H3,(H,20,23). The van der Waals surface area contributed by atoms with Crippen LogP contribution in [0.3, 0.4) is 0 Å². The maximum absolute atomic E-state index is 11.6. The number of nitrogens with zero attached hydrogens (tertiary/aromatic N) is 3. The Morgan fingerprint density at radius 2 is 1.92 bits per heavy atom. The van der Waals surface area contributed by atoms with Gasteiger partial charge in [0.05, 0.1) is 22.3 Å². The van der Waals surface area contributed by atoms with Crippen molar-refractivity contribution < 1.29 is 9.53 Å². The Kier molecular flexibility index (Phi) is 4.48. The Hall–Kier alpha value is -2.86. The maximum Gasteiger partial charge on any atom is 0.321 e. The minimum Gasteiger partial charge on any atom is -0.436 e. The lowest BCUT2D eigenvalue weighted by Crippen LogP contribution is -2.27. The van der Waals surface area contributed by atoms with Crippen LogP contribution < -0.4 is 10.1 Å². The van der Waals surface area contributed by atoms with Gasteiger partial charge in [-0.2, -0.15) is 0 Å². The third-order valence-electron chi connectivity index (χ3n) is 3.23. The lowest BCUT2D eigenvalue weighted by atomic mass is 10.3. The number of anilines is 1. The average Bonchev–Trinajstić information content (AvgIpc) is 2.57. The first kappa shape index (κ1) is 16.0. The van der Waals surface area contributed by atoms with Crippen LogP contribution in [0.4, 0.5) is 10.5 Å². The summed E-state index contributed by atoms with van der Waals surface area (Å²) >= 11 is 6.22. The summed E-state index contributed by atoms with van der Waals surface area (Å²) in [6, 6.07) is 12.3. The molecule has 24 heavy (non-hydrogen) atoms. The molecule has 0 radical (unpaired) electrons. The molecule has 0 saturated carbocycles. The van der Waals surface area contributed by atoms with E-state index in [1.807, 2.05) is 24.3 Å². The molecule has 0 unspecified atom stereocenters. The van der Waals surface area contributed by atoms with Crippen LogP contribution in [-0.2, 0) is 0 Å². The molecule has 2 amide bonds. The normalized spacial score (nSPS) is 10.5. The number of para-hydroxylation sites is 2. The smallest absolute Gasteiger partial charge is 0.321 e. The number of benzene rings is 2. The largest absolute Gasteiger partial charge is 0.436 e. The van der Waals surface area contributed by atoms with E-state index in [-0.39, 0.29) is 6.03 Å². The van der Waals surface area contributed by atoms with E-state index in [0.29, 0.717) is 22.3 Å². The van der Waals surface area contributed by atoms with Crippen molar-refractivity contribution in [1.29, 1.82) is 0 Å². The van der Waals surface area contributed by atoms with Gasteiger partial charge in [0.25, 0.3) is 0 Å². The van der Waals surface area contributed by atoms with Gasteiger partial charge in [-0.1, -0.05) is 23.7 Å². The number of nitrogens with one attached hydrogen (secondary N) is 1. The molecule has 6 nitrogen and oxygen atoms in total. The van der Waals surface area contributed by atoms with Crippen molar-refractivity contribution >= 4 is 34.4 Å². The summed E-state index contributed by atoms with van der Waals surface area (Å²) in [6.07, 6.45) is 1.54. The maximum atomic E-state index is 11.6. The van der Waals surface area contributed by atoms with Gasteiger partial charge < -0.3 is 15.0 Å². The molecule has 7 heteroatoms. The molecule has 1 aromatic heterocycles.